The highest BCUT2D eigenvalue weighted by atomic mass is 32.2. The van der Waals surface area contributed by atoms with Crippen molar-refractivity contribution in [2.75, 3.05) is 12.8 Å². The second-order valence-electron chi connectivity index (χ2n) is 4.67. The van der Waals surface area contributed by atoms with Gasteiger partial charge in [0, 0.05) is 18.1 Å². The molecule has 0 amide bonds. The Balaban J connectivity index is 4.16. The molecule has 2 unspecified atom stereocenters. The van der Waals surface area contributed by atoms with Crippen molar-refractivity contribution in [2.24, 2.45) is 0 Å². The standard InChI is InChI=1S/C9H22N2O3S/c1-7(8(2)12)10-6-9(3,4)11-15(5,13)14/h7-8,10-12H,6H2,1-5H3. The average molecular weight is 238 g/mol. The predicted molar refractivity (Wildman–Crippen MR) is 61.2 cm³/mol. The number of hydrogen-bond donors (Lipinski definition) is 3. The van der Waals surface area contributed by atoms with Gasteiger partial charge in [0.15, 0.2) is 0 Å². The van der Waals surface area contributed by atoms with Crippen molar-refractivity contribution >= 4 is 10.0 Å². The van der Waals surface area contributed by atoms with E-state index in [-0.39, 0.29) is 6.04 Å². The molecule has 3 N–H and O–H groups in total. The van der Waals surface area contributed by atoms with Gasteiger partial charge >= 0.3 is 0 Å². The van der Waals surface area contributed by atoms with Crippen molar-refractivity contribution < 1.29 is 13.5 Å². The van der Waals surface area contributed by atoms with Crippen molar-refractivity contribution in [1.29, 1.82) is 0 Å². The van der Waals surface area contributed by atoms with Gasteiger partial charge in [0.05, 0.1) is 12.4 Å². The van der Waals surface area contributed by atoms with Crippen LogP contribution in [0.15, 0.2) is 0 Å². The van der Waals surface area contributed by atoms with Gasteiger partial charge in [-0.3, -0.25) is 0 Å². The van der Waals surface area contributed by atoms with E-state index in [4.69, 9.17) is 0 Å². The van der Waals surface area contributed by atoms with Gasteiger partial charge in [-0.15, -0.1) is 0 Å². The molecule has 0 heterocycles. The summed E-state index contributed by atoms with van der Waals surface area (Å²) in [7, 11) is -3.20. The van der Waals surface area contributed by atoms with E-state index in [0.29, 0.717) is 6.54 Å². The summed E-state index contributed by atoms with van der Waals surface area (Å²) in [5.41, 5.74) is -0.559. The molecule has 0 aliphatic carbocycles. The lowest BCUT2D eigenvalue weighted by Gasteiger charge is -2.28. The van der Waals surface area contributed by atoms with E-state index in [0.717, 1.165) is 6.26 Å². The molecule has 0 spiro atoms. The minimum absolute atomic E-state index is 0.0642. The third kappa shape index (κ3) is 7.72. The molecule has 0 rings (SSSR count). The monoisotopic (exact) mass is 238 g/mol. The molecule has 0 fully saturated rings. The maximum atomic E-state index is 11.0. The van der Waals surface area contributed by atoms with Crippen LogP contribution in [0.2, 0.25) is 0 Å². The van der Waals surface area contributed by atoms with E-state index in [2.05, 4.69) is 10.0 Å². The Kier molecular flexibility index (Phi) is 5.19. The molecule has 15 heavy (non-hydrogen) atoms. The molecule has 0 saturated heterocycles. The third-order valence-electron chi connectivity index (χ3n) is 2.05. The Morgan fingerprint density at radius 1 is 1.33 bits per heavy atom. The van der Waals surface area contributed by atoms with Crippen LogP contribution in [-0.2, 0) is 10.0 Å². The first-order valence-electron chi connectivity index (χ1n) is 4.94. The first kappa shape index (κ1) is 14.8. The molecule has 0 saturated carbocycles. The van der Waals surface area contributed by atoms with E-state index in [1.807, 2.05) is 6.92 Å². The molecule has 5 nitrogen and oxygen atoms in total. The van der Waals surface area contributed by atoms with Crippen LogP contribution >= 0.6 is 0 Å². The lowest BCUT2D eigenvalue weighted by molar-refractivity contribution is 0.149. The third-order valence-corrected chi connectivity index (χ3v) is 2.97. The number of nitrogens with one attached hydrogen (secondary N) is 2. The fraction of sp³-hybridized carbons (Fsp3) is 1.00. The fourth-order valence-corrected chi connectivity index (χ4v) is 2.20. The summed E-state index contributed by atoms with van der Waals surface area (Å²) in [6.07, 6.45) is 0.673. The molecule has 0 radical (unpaired) electrons. The van der Waals surface area contributed by atoms with E-state index in [9.17, 15) is 13.5 Å². The first-order chi connectivity index (χ1) is 6.53. The summed E-state index contributed by atoms with van der Waals surface area (Å²) >= 11 is 0. The Morgan fingerprint density at radius 3 is 2.13 bits per heavy atom. The molecule has 0 bridgehead atoms. The second kappa shape index (κ2) is 5.25. The smallest absolute Gasteiger partial charge is 0.209 e. The molecular formula is C9H22N2O3S. The van der Waals surface area contributed by atoms with Crippen LogP contribution in [0.3, 0.4) is 0 Å². The van der Waals surface area contributed by atoms with Crippen molar-refractivity contribution in [1.82, 2.24) is 10.0 Å². The maximum absolute atomic E-state index is 11.0. The molecule has 2 atom stereocenters. The molecule has 0 aromatic heterocycles. The molecule has 0 aliphatic heterocycles. The zero-order chi connectivity index (χ0) is 12.3. The number of rotatable bonds is 6. The minimum atomic E-state index is -3.20. The van der Waals surface area contributed by atoms with Crippen LogP contribution < -0.4 is 10.0 Å². The van der Waals surface area contributed by atoms with Gasteiger partial charge in [-0.25, -0.2) is 13.1 Å². The Hall–Kier alpha value is -0.170. The molecular weight excluding hydrogens is 216 g/mol. The highest BCUT2D eigenvalue weighted by Crippen LogP contribution is 2.03. The van der Waals surface area contributed by atoms with Crippen LogP contribution in [0.5, 0.6) is 0 Å². The lowest BCUT2D eigenvalue weighted by Crippen LogP contribution is -2.52. The van der Waals surface area contributed by atoms with Gasteiger partial charge in [-0.05, 0) is 27.7 Å². The second-order valence-corrected chi connectivity index (χ2v) is 6.42. The van der Waals surface area contributed by atoms with Crippen molar-refractivity contribution in [3.63, 3.8) is 0 Å². The zero-order valence-corrected chi connectivity index (χ0v) is 10.9. The quantitative estimate of drug-likeness (QED) is 0.592. The number of hydrogen-bond acceptors (Lipinski definition) is 4. The maximum Gasteiger partial charge on any atom is 0.209 e. The Labute approximate surface area is 92.3 Å². The summed E-state index contributed by atoms with van der Waals surface area (Å²) in [6.45, 7) is 7.58. The van der Waals surface area contributed by atoms with Crippen molar-refractivity contribution in [2.45, 2.75) is 45.4 Å². The Morgan fingerprint density at radius 2 is 1.80 bits per heavy atom. The van der Waals surface area contributed by atoms with Crippen LogP contribution in [0.1, 0.15) is 27.7 Å². The summed E-state index contributed by atoms with van der Waals surface area (Å²) in [5.74, 6) is 0. The number of aliphatic hydroxyl groups is 1. The molecule has 6 heteroatoms. The van der Waals surface area contributed by atoms with E-state index < -0.39 is 21.7 Å². The summed E-state index contributed by atoms with van der Waals surface area (Å²) in [6, 6.07) is -0.0642. The molecule has 92 valence electrons. The number of aliphatic hydroxyl groups excluding tert-OH is 1. The van der Waals surface area contributed by atoms with Crippen LogP contribution in [0.4, 0.5) is 0 Å². The summed E-state index contributed by atoms with van der Waals surface area (Å²) < 4.78 is 24.6. The van der Waals surface area contributed by atoms with Crippen molar-refractivity contribution in [3.05, 3.63) is 0 Å². The van der Waals surface area contributed by atoms with Gasteiger partial charge in [-0.1, -0.05) is 0 Å². The molecule has 0 aliphatic rings. The first-order valence-corrected chi connectivity index (χ1v) is 6.83. The average Bonchev–Trinajstić information content (AvgIpc) is 1.95. The summed E-state index contributed by atoms with van der Waals surface area (Å²) in [4.78, 5) is 0. The predicted octanol–water partition coefficient (Wildman–Crippen LogP) is -0.327. The molecule has 0 aromatic rings. The van der Waals surface area contributed by atoms with E-state index in [1.165, 1.54) is 0 Å². The normalized spacial score (nSPS) is 17.5. The van der Waals surface area contributed by atoms with E-state index in [1.54, 1.807) is 20.8 Å². The van der Waals surface area contributed by atoms with Crippen LogP contribution in [0, 0.1) is 0 Å². The highest BCUT2D eigenvalue weighted by Gasteiger charge is 2.23. The van der Waals surface area contributed by atoms with Crippen LogP contribution in [0.25, 0.3) is 0 Å². The number of sulfonamides is 1. The topological polar surface area (TPSA) is 78.4 Å². The minimum Gasteiger partial charge on any atom is -0.392 e. The SMILES string of the molecule is CC(O)C(C)NCC(C)(C)NS(C)(=O)=O. The zero-order valence-electron chi connectivity index (χ0n) is 10.0. The Bertz CT molecular complexity index is 286. The van der Waals surface area contributed by atoms with Gasteiger partial charge in [0.25, 0.3) is 0 Å². The van der Waals surface area contributed by atoms with Crippen LogP contribution in [-0.4, -0.2) is 44.0 Å². The van der Waals surface area contributed by atoms with Gasteiger partial charge < -0.3 is 10.4 Å². The lowest BCUT2D eigenvalue weighted by atomic mass is 10.1. The van der Waals surface area contributed by atoms with Gasteiger partial charge in [-0.2, -0.15) is 0 Å². The van der Waals surface area contributed by atoms with Gasteiger partial charge in [0.2, 0.25) is 10.0 Å². The largest absolute Gasteiger partial charge is 0.392 e. The molecule has 0 aromatic carbocycles. The highest BCUT2D eigenvalue weighted by molar-refractivity contribution is 7.88. The van der Waals surface area contributed by atoms with E-state index >= 15 is 0 Å². The van der Waals surface area contributed by atoms with Crippen molar-refractivity contribution in [3.8, 4) is 0 Å². The van der Waals surface area contributed by atoms with Gasteiger partial charge in [0.1, 0.15) is 0 Å². The summed E-state index contributed by atoms with van der Waals surface area (Å²) in [5, 5.41) is 12.3. The fourth-order valence-electron chi connectivity index (χ4n) is 1.12.